The molecule has 11 nitrogen and oxygen atoms in total. The van der Waals surface area contributed by atoms with Gasteiger partial charge >= 0.3 is 6.09 Å². The molecular weight excluding hydrogens is 544 g/mol. The Bertz CT molecular complexity index is 1420. The molecule has 0 spiro atoms. The molecule has 0 saturated carbocycles. The Morgan fingerprint density at radius 2 is 1.90 bits per heavy atom. The molecular formula is C29H38N6O5S. The lowest BCUT2D eigenvalue weighted by Gasteiger charge is -2.26. The summed E-state index contributed by atoms with van der Waals surface area (Å²) in [6.07, 6.45) is 3.28. The molecule has 12 heteroatoms. The number of nitrogens with zero attached hydrogens (tertiary/aromatic N) is 4. The van der Waals surface area contributed by atoms with Gasteiger partial charge in [0.2, 0.25) is 5.95 Å². The van der Waals surface area contributed by atoms with E-state index in [1.54, 1.807) is 31.3 Å². The van der Waals surface area contributed by atoms with E-state index < -0.39 is 15.8 Å². The van der Waals surface area contributed by atoms with Gasteiger partial charge in [0.05, 0.1) is 36.2 Å². The molecule has 1 aliphatic heterocycles. The topological polar surface area (TPSA) is 127 Å². The number of hydrogen-bond donors (Lipinski definition) is 2. The van der Waals surface area contributed by atoms with Gasteiger partial charge in [0.1, 0.15) is 11.6 Å². The SMILES string of the molecule is CCOC(=O)N=S(C)(=O)c1cccc(Nc2ncc(-c3ccc(OCC)cc3)c(NCCCN3CCOCC3)n2)c1. The van der Waals surface area contributed by atoms with E-state index in [4.69, 9.17) is 19.2 Å². The normalized spacial score (nSPS) is 15.0. The molecule has 0 radical (unpaired) electrons. The van der Waals surface area contributed by atoms with E-state index in [9.17, 15) is 9.00 Å². The molecule has 0 bridgehead atoms. The highest BCUT2D eigenvalue weighted by Gasteiger charge is 2.14. The number of rotatable bonds is 12. The van der Waals surface area contributed by atoms with Gasteiger partial charge in [-0.3, -0.25) is 4.90 Å². The van der Waals surface area contributed by atoms with E-state index in [1.165, 1.54) is 6.26 Å². The van der Waals surface area contributed by atoms with Crippen molar-refractivity contribution in [3.05, 3.63) is 54.7 Å². The van der Waals surface area contributed by atoms with Gasteiger partial charge in [-0.2, -0.15) is 4.98 Å². The van der Waals surface area contributed by atoms with Crippen LogP contribution in [0.3, 0.4) is 0 Å². The lowest BCUT2D eigenvalue weighted by Crippen LogP contribution is -2.37. The van der Waals surface area contributed by atoms with Crippen LogP contribution in [0.5, 0.6) is 5.75 Å². The predicted octanol–water partition coefficient (Wildman–Crippen LogP) is 5.03. The van der Waals surface area contributed by atoms with Gasteiger partial charge in [-0.25, -0.2) is 14.0 Å². The summed E-state index contributed by atoms with van der Waals surface area (Å²) in [7, 11) is -2.99. The molecule has 1 atom stereocenters. The van der Waals surface area contributed by atoms with Crippen LogP contribution in [0.15, 0.2) is 64.0 Å². The van der Waals surface area contributed by atoms with Gasteiger partial charge in [0, 0.05) is 48.2 Å². The lowest BCUT2D eigenvalue weighted by molar-refractivity contribution is 0.0378. The number of carbonyl (C=O) groups excluding carboxylic acids is 1. The summed E-state index contributed by atoms with van der Waals surface area (Å²) in [5, 5.41) is 6.69. The van der Waals surface area contributed by atoms with Crippen molar-refractivity contribution in [3.8, 4) is 16.9 Å². The lowest BCUT2D eigenvalue weighted by atomic mass is 10.1. The van der Waals surface area contributed by atoms with Gasteiger partial charge in [-0.1, -0.05) is 18.2 Å². The Morgan fingerprint density at radius 3 is 2.63 bits per heavy atom. The number of morpholine rings is 1. The Balaban J connectivity index is 1.54. The molecule has 0 aliphatic carbocycles. The number of benzene rings is 2. The molecule has 1 unspecified atom stereocenters. The number of ether oxygens (including phenoxy) is 3. The number of aromatic nitrogens is 2. The molecule has 2 heterocycles. The average Bonchev–Trinajstić information content (AvgIpc) is 2.97. The summed E-state index contributed by atoms with van der Waals surface area (Å²) in [6, 6.07) is 14.7. The van der Waals surface area contributed by atoms with E-state index in [0.717, 1.165) is 62.7 Å². The van der Waals surface area contributed by atoms with Crippen LogP contribution in [-0.4, -0.2) is 84.0 Å². The summed E-state index contributed by atoms with van der Waals surface area (Å²) >= 11 is 0. The van der Waals surface area contributed by atoms with Crippen molar-refractivity contribution in [2.24, 2.45) is 4.36 Å². The zero-order chi connectivity index (χ0) is 29.1. The van der Waals surface area contributed by atoms with Crippen LogP contribution < -0.4 is 15.4 Å². The fourth-order valence-corrected chi connectivity index (χ4v) is 5.42. The van der Waals surface area contributed by atoms with E-state index in [1.807, 2.05) is 37.3 Å². The maximum Gasteiger partial charge on any atom is 0.442 e. The highest BCUT2D eigenvalue weighted by molar-refractivity contribution is 7.93. The molecule has 220 valence electrons. The summed E-state index contributed by atoms with van der Waals surface area (Å²) < 4.78 is 32.7. The standard InChI is InChI=1S/C29H38N6O5S/c1-4-39-24-12-10-22(11-13-24)26-21-31-28(33-27(26)30-14-7-15-35-16-18-38-19-17-35)32-23-8-6-9-25(20-23)41(3,37)34-29(36)40-5-2/h6,8-13,20-21H,4-5,7,14-19H2,1-3H3,(H2,30,31,32,33). The van der Waals surface area contributed by atoms with Crippen molar-refractivity contribution < 1.29 is 23.2 Å². The molecule has 2 aromatic carbocycles. The smallest absolute Gasteiger partial charge is 0.442 e. The van der Waals surface area contributed by atoms with Crippen LogP contribution in [0.4, 0.5) is 22.2 Å². The fourth-order valence-electron chi connectivity index (χ4n) is 4.30. The van der Waals surface area contributed by atoms with E-state index >= 15 is 0 Å². The van der Waals surface area contributed by atoms with Crippen molar-refractivity contribution in [2.45, 2.75) is 25.2 Å². The molecule has 1 aromatic heterocycles. The summed E-state index contributed by atoms with van der Waals surface area (Å²) in [5.74, 6) is 1.87. The first-order valence-electron chi connectivity index (χ1n) is 13.8. The van der Waals surface area contributed by atoms with Crippen LogP contribution in [0.1, 0.15) is 20.3 Å². The van der Waals surface area contributed by atoms with Gasteiger partial charge in [0.25, 0.3) is 0 Å². The zero-order valence-corrected chi connectivity index (χ0v) is 24.6. The molecule has 1 fully saturated rings. The molecule has 2 N–H and O–H groups in total. The van der Waals surface area contributed by atoms with E-state index in [-0.39, 0.29) is 6.61 Å². The third-order valence-electron chi connectivity index (χ3n) is 6.36. The number of carbonyl (C=O) groups is 1. The number of nitrogens with one attached hydrogen (secondary N) is 2. The average molecular weight is 583 g/mol. The minimum absolute atomic E-state index is 0.160. The van der Waals surface area contributed by atoms with Crippen LogP contribution >= 0.6 is 0 Å². The van der Waals surface area contributed by atoms with Crippen LogP contribution in [-0.2, 0) is 19.2 Å². The van der Waals surface area contributed by atoms with Gasteiger partial charge in [0.15, 0.2) is 0 Å². The first-order valence-corrected chi connectivity index (χ1v) is 15.7. The Kier molecular flexibility index (Phi) is 10.9. The minimum Gasteiger partial charge on any atom is -0.494 e. The van der Waals surface area contributed by atoms with Crippen LogP contribution in [0, 0.1) is 0 Å². The van der Waals surface area contributed by atoms with Gasteiger partial charge in [-0.15, -0.1) is 4.36 Å². The number of amides is 1. The van der Waals surface area contributed by atoms with Crippen molar-refractivity contribution in [1.82, 2.24) is 14.9 Å². The summed E-state index contributed by atoms with van der Waals surface area (Å²) in [4.78, 5) is 23.9. The second kappa shape index (κ2) is 14.8. The maximum absolute atomic E-state index is 13.1. The van der Waals surface area contributed by atoms with Crippen molar-refractivity contribution in [3.63, 3.8) is 0 Å². The molecule has 1 amide bonds. The van der Waals surface area contributed by atoms with Gasteiger partial charge < -0.3 is 24.8 Å². The summed E-state index contributed by atoms with van der Waals surface area (Å²) in [5.41, 5.74) is 2.44. The predicted molar refractivity (Wildman–Crippen MR) is 161 cm³/mol. The van der Waals surface area contributed by atoms with Crippen molar-refractivity contribution in [2.75, 3.05) is 69.5 Å². The third-order valence-corrected chi connectivity index (χ3v) is 7.98. The molecule has 1 aliphatic rings. The minimum atomic E-state index is -2.99. The van der Waals surface area contributed by atoms with Crippen molar-refractivity contribution in [1.29, 1.82) is 0 Å². The maximum atomic E-state index is 13.1. The van der Waals surface area contributed by atoms with E-state index in [2.05, 4.69) is 24.9 Å². The summed E-state index contributed by atoms with van der Waals surface area (Å²) in [6.45, 7) is 9.57. The quantitative estimate of drug-likeness (QED) is 0.281. The molecule has 41 heavy (non-hydrogen) atoms. The molecule has 4 rings (SSSR count). The number of anilines is 3. The highest BCUT2D eigenvalue weighted by atomic mass is 32.2. The monoisotopic (exact) mass is 582 g/mol. The van der Waals surface area contributed by atoms with Crippen molar-refractivity contribution >= 4 is 33.3 Å². The van der Waals surface area contributed by atoms with Crippen LogP contribution in [0.2, 0.25) is 0 Å². The van der Waals surface area contributed by atoms with Crippen LogP contribution in [0.25, 0.3) is 11.1 Å². The van der Waals surface area contributed by atoms with Gasteiger partial charge in [-0.05, 0) is 62.7 Å². The third kappa shape index (κ3) is 8.87. The first-order chi connectivity index (χ1) is 19.9. The van der Waals surface area contributed by atoms with E-state index in [0.29, 0.717) is 29.0 Å². The highest BCUT2D eigenvalue weighted by Crippen LogP contribution is 2.29. The molecule has 3 aromatic rings. The Hall–Kier alpha value is -3.74. The Morgan fingerprint density at radius 1 is 1.12 bits per heavy atom. The number of hydrogen-bond acceptors (Lipinski definition) is 10. The first kappa shape index (κ1) is 30.2. The molecule has 1 saturated heterocycles. The Labute approximate surface area is 241 Å². The second-order valence-corrected chi connectivity index (χ2v) is 11.7. The largest absolute Gasteiger partial charge is 0.494 e. The fraction of sp³-hybridized carbons (Fsp3) is 0.414. The zero-order valence-electron chi connectivity index (χ0n) is 23.8. The second-order valence-electron chi connectivity index (χ2n) is 9.39.